The van der Waals surface area contributed by atoms with Gasteiger partial charge in [0.25, 0.3) is 0 Å². The Morgan fingerprint density at radius 3 is 2.44 bits per heavy atom. The molecule has 4 nitrogen and oxygen atoms in total. The van der Waals surface area contributed by atoms with Gasteiger partial charge in [0, 0.05) is 0 Å². The van der Waals surface area contributed by atoms with E-state index in [0.29, 0.717) is 5.76 Å². The van der Waals surface area contributed by atoms with E-state index >= 15 is 0 Å². The fourth-order valence-corrected chi connectivity index (χ4v) is 1.27. The summed E-state index contributed by atoms with van der Waals surface area (Å²) in [6.45, 7) is 0. The zero-order valence-corrected chi connectivity index (χ0v) is 8.37. The Balaban J connectivity index is 2.15. The van der Waals surface area contributed by atoms with Gasteiger partial charge >= 0.3 is 5.88 Å². The van der Waals surface area contributed by atoms with E-state index in [0.717, 1.165) is 5.56 Å². The molecule has 2 rings (SSSR count). The number of nitro groups is 1. The SMILES string of the molecule is O=[N+]([O-])c1ccc(/C=C/c2ccccc2)o1. The first-order chi connectivity index (χ1) is 7.75. The summed E-state index contributed by atoms with van der Waals surface area (Å²) >= 11 is 0. The van der Waals surface area contributed by atoms with E-state index < -0.39 is 4.92 Å². The molecule has 0 atom stereocenters. The standard InChI is InChI=1S/C12H9NO3/c14-13(15)12-9-8-11(16-12)7-6-10-4-2-1-3-5-10/h1-9H/b7-6+. The lowest BCUT2D eigenvalue weighted by Gasteiger charge is -1.89. The minimum atomic E-state index is -0.556. The molecule has 80 valence electrons. The molecule has 0 fully saturated rings. The van der Waals surface area contributed by atoms with Gasteiger partial charge in [-0.3, -0.25) is 10.1 Å². The maximum absolute atomic E-state index is 10.4. The van der Waals surface area contributed by atoms with E-state index in [4.69, 9.17) is 4.42 Å². The molecule has 0 aliphatic heterocycles. The van der Waals surface area contributed by atoms with Crippen LogP contribution in [0.15, 0.2) is 46.9 Å². The van der Waals surface area contributed by atoms with Crippen LogP contribution >= 0.6 is 0 Å². The third-order valence-electron chi connectivity index (χ3n) is 2.03. The first-order valence-corrected chi connectivity index (χ1v) is 4.73. The third-order valence-corrected chi connectivity index (χ3v) is 2.03. The summed E-state index contributed by atoms with van der Waals surface area (Å²) < 4.78 is 4.98. The Morgan fingerprint density at radius 2 is 1.81 bits per heavy atom. The second-order valence-corrected chi connectivity index (χ2v) is 3.18. The molecule has 4 heteroatoms. The topological polar surface area (TPSA) is 56.3 Å². The van der Waals surface area contributed by atoms with Crippen molar-refractivity contribution in [1.82, 2.24) is 0 Å². The zero-order valence-electron chi connectivity index (χ0n) is 8.37. The first-order valence-electron chi connectivity index (χ1n) is 4.73. The minimum absolute atomic E-state index is 0.243. The van der Waals surface area contributed by atoms with Crippen molar-refractivity contribution >= 4 is 18.0 Å². The molecule has 0 aliphatic carbocycles. The van der Waals surface area contributed by atoms with Gasteiger partial charge in [0.15, 0.2) is 0 Å². The summed E-state index contributed by atoms with van der Waals surface area (Å²) in [6.07, 6.45) is 3.53. The van der Waals surface area contributed by atoms with E-state index in [1.54, 1.807) is 12.1 Å². The van der Waals surface area contributed by atoms with Gasteiger partial charge in [-0.1, -0.05) is 36.4 Å². The van der Waals surface area contributed by atoms with Gasteiger partial charge in [-0.05, 0) is 17.7 Å². The molecule has 0 aliphatic rings. The van der Waals surface area contributed by atoms with Crippen molar-refractivity contribution in [2.75, 3.05) is 0 Å². The van der Waals surface area contributed by atoms with Crippen LogP contribution in [-0.4, -0.2) is 4.92 Å². The summed E-state index contributed by atoms with van der Waals surface area (Å²) in [5.41, 5.74) is 1.02. The van der Waals surface area contributed by atoms with Crippen LogP contribution in [0.2, 0.25) is 0 Å². The predicted octanol–water partition coefficient (Wildman–Crippen LogP) is 3.36. The number of nitrogens with zero attached hydrogens (tertiary/aromatic N) is 1. The van der Waals surface area contributed by atoms with Gasteiger partial charge in [-0.25, -0.2) is 0 Å². The molecule has 1 aromatic carbocycles. The smallest absolute Gasteiger partial charge is 0.401 e. The minimum Gasteiger partial charge on any atom is -0.401 e. The third kappa shape index (κ3) is 2.36. The highest BCUT2D eigenvalue weighted by Gasteiger charge is 2.09. The van der Waals surface area contributed by atoms with Crippen molar-refractivity contribution in [2.45, 2.75) is 0 Å². The van der Waals surface area contributed by atoms with E-state index in [9.17, 15) is 10.1 Å². The molecule has 1 aromatic heterocycles. The fourth-order valence-electron chi connectivity index (χ4n) is 1.27. The molecular weight excluding hydrogens is 206 g/mol. The van der Waals surface area contributed by atoms with Crippen molar-refractivity contribution in [3.05, 3.63) is 63.9 Å². The quantitative estimate of drug-likeness (QED) is 0.582. The molecule has 1 heterocycles. The van der Waals surface area contributed by atoms with E-state index in [1.165, 1.54) is 6.07 Å². The van der Waals surface area contributed by atoms with Gasteiger partial charge in [0.1, 0.15) is 10.7 Å². The molecule has 0 unspecified atom stereocenters. The highest BCUT2D eigenvalue weighted by Crippen LogP contribution is 2.17. The maximum Gasteiger partial charge on any atom is 0.433 e. The van der Waals surface area contributed by atoms with E-state index in [1.807, 2.05) is 36.4 Å². The highest BCUT2D eigenvalue weighted by molar-refractivity contribution is 5.67. The van der Waals surface area contributed by atoms with Crippen molar-refractivity contribution in [3.8, 4) is 0 Å². The Hall–Kier alpha value is -2.36. The van der Waals surface area contributed by atoms with Crippen molar-refractivity contribution in [3.63, 3.8) is 0 Å². The molecule has 0 saturated carbocycles. The summed E-state index contributed by atoms with van der Waals surface area (Å²) in [7, 11) is 0. The van der Waals surface area contributed by atoms with Gasteiger partial charge in [0.2, 0.25) is 0 Å². The first kappa shape index (κ1) is 10.2. The average Bonchev–Trinajstić information content (AvgIpc) is 2.76. The number of hydrogen-bond donors (Lipinski definition) is 0. The Bertz CT molecular complexity index is 514. The van der Waals surface area contributed by atoms with E-state index in [-0.39, 0.29) is 5.88 Å². The molecule has 0 radical (unpaired) electrons. The molecule has 0 amide bonds. The molecule has 0 N–H and O–H groups in total. The van der Waals surface area contributed by atoms with Gasteiger partial charge in [-0.2, -0.15) is 0 Å². The molecule has 0 spiro atoms. The van der Waals surface area contributed by atoms with Crippen LogP contribution in [0.25, 0.3) is 12.2 Å². The lowest BCUT2D eigenvalue weighted by Crippen LogP contribution is -1.82. The van der Waals surface area contributed by atoms with Crippen LogP contribution in [0.5, 0.6) is 0 Å². The number of hydrogen-bond acceptors (Lipinski definition) is 3. The molecule has 0 saturated heterocycles. The Kier molecular flexibility index (Phi) is 2.82. The van der Waals surface area contributed by atoms with Gasteiger partial charge in [0.05, 0.1) is 6.07 Å². The monoisotopic (exact) mass is 215 g/mol. The number of rotatable bonds is 3. The second kappa shape index (κ2) is 4.44. The Morgan fingerprint density at radius 1 is 1.06 bits per heavy atom. The largest absolute Gasteiger partial charge is 0.433 e. The fraction of sp³-hybridized carbons (Fsp3) is 0. The van der Waals surface area contributed by atoms with E-state index in [2.05, 4.69) is 0 Å². The molecule has 0 bridgehead atoms. The van der Waals surface area contributed by atoms with Crippen LogP contribution in [0.3, 0.4) is 0 Å². The summed E-state index contributed by atoms with van der Waals surface area (Å²) in [6, 6.07) is 12.5. The normalized spacial score (nSPS) is 10.8. The summed E-state index contributed by atoms with van der Waals surface area (Å²) in [5.74, 6) is 0.225. The van der Waals surface area contributed by atoms with Crippen molar-refractivity contribution < 1.29 is 9.34 Å². The lowest BCUT2D eigenvalue weighted by atomic mass is 10.2. The summed E-state index contributed by atoms with van der Waals surface area (Å²) in [4.78, 5) is 9.82. The molecule has 16 heavy (non-hydrogen) atoms. The average molecular weight is 215 g/mol. The van der Waals surface area contributed by atoms with Gasteiger partial charge in [-0.15, -0.1) is 0 Å². The van der Waals surface area contributed by atoms with Crippen molar-refractivity contribution in [1.29, 1.82) is 0 Å². The maximum atomic E-state index is 10.4. The zero-order chi connectivity index (χ0) is 11.4. The van der Waals surface area contributed by atoms with Crippen LogP contribution in [0, 0.1) is 10.1 Å². The lowest BCUT2D eigenvalue weighted by molar-refractivity contribution is -0.402. The van der Waals surface area contributed by atoms with Crippen molar-refractivity contribution in [2.24, 2.45) is 0 Å². The highest BCUT2D eigenvalue weighted by atomic mass is 16.6. The Labute approximate surface area is 92.0 Å². The summed E-state index contributed by atoms with van der Waals surface area (Å²) in [5, 5.41) is 10.4. The molecule has 2 aromatic rings. The number of furan rings is 1. The van der Waals surface area contributed by atoms with Crippen LogP contribution in [0.1, 0.15) is 11.3 Å². The number of benzene rings is 1. The van der Waals surface area contributed by atoms with Crippen LogP contribution < -0.4 is 0 Å². The van der Waals surface area contributed by atoms with Crippen LogP contribution in [0.4, 0.5) is 5.88 Å². The predicted molar refractivity (Wildman–Crippen MR) is 60.7 cm³/mol. The second-order valence-electron chi connectivity index (χ2n) is 3.18. The molecular formula is C12H9NO3. The van der Waals surface area contributed by atoms with Gasteiger partial charge < -0.3 is 4.42 Å². The van der Waals surface area contributed by atoms with Crippen LogP contribution in [-0.2, 0) is 0 Å².